The van der Waals surface area contributed by atoms with Crippen molar-refractivity contribution in [3.05, 3.63) is 89.7 Å². The number of carbonyl (C=O) groups excluding carboxylic acids is 3. The van der Waals surface area contributed by atoms with E-state index >= 15 is 0 Å². The topological polar surface area (TPSA) is 100 Å². The van der Waals surface area contributed by atoms with Crippen molar-refractivity contribution in [1.82, 2.24) is 10.3 Å². The lowest BCUT2D eigenvalue weighted by atomic mass is 10.1. The second-order valence-corrected chi connectivity index (χ2v) is 6.29. The Morgan fingerprint density at radius 2 is 1.34 bits per heavy atom. The van der Waals surface area contributed by atoms with E-state index in [0.717, 1.165) is 5.69 Å². The van der Waals surface area contributed by atoms with Gasteiger partial charge in [0.2, 0.25) is 5.91 Å². The van der Waals surface area contributed by atoms with E-state index < -0.39 is 0 Å². The highest BCUT2D eigenvalue weighted by atomic mass is 16.2. The minimum absolute atomic E-state index is 0.161. The van der Waals surface area contributed by atoms with Gasteiger partial charge in [0.25, 0.3) is 11.8 Å². The number of amides is 3. The molecule has 0 radical (unpaired) electrons. The number of aromatic nitrogens is 1. The molecule has 0 aliphatic rings. The van der Waals surface area contributed by atoms with Crippen molar-refractivity contribution in [1.29, 1.82) is 0 Å². The van der Waals surface area contributed by atoms with Crippen molar-refractivity contribution in [2.45, 2.75) is 13.5 Å². The Balaban J connectivity index is 1.56. The molecule has 0 unspecified atom stereocenters. The maximum absolute atomic E-state index is 12.4. The van der Waals surface area contributed by atoms with Crippen LogP contribution in [-0.2, 0) is 11.3 Å². The summed E-state index contributed by atoms with van der Waals surface area (Å²) in [5.74, 6) is -0.695. The van der Waals surface area contributed by atoms with Crippen LogP contribution in [0.1, 0.15) is 33.3 Å². The van der Waals surface area contributed by atoms with Crippen LogP contribution in [0, 0.1) is 0 Å². The molecule has 7 nitrogen and oxygen atoms in total. The first-order chi connectivity index (χ1) is 14.0. The Kier molecular flexibility index (Phi) is 6.32. The van der Waals surface area contributed by atoms with E-state index in [4.69, 9.17) is 0 Å². The minimum Gasteiger partial charge on any atom is -0.346 e. The highest BCUT2D eigenvalue weighted by Gasteiger charge is 2.10. The molecule has 0 saturated heterocycles. The van der Waals surface area contributed by atoms with Gasteiger partial charge in [0, 0.05) is 35.6 Å². The molecule has 0 saturated carbocycles. The second kappa shape index (κ2) is 9.27. The van der Waals surface area contributed by atoms with Crippen molar-refractivity contribution < 1.29 is 14.4 Å². The summed E-state index contributed by atoms with van der Waals surface area (Å²) in [5.41, 5.74) is 2.90. The molecule has 2 aromatic carbocycles. The molecule has 0 fully saturated rings. The van der Waals surface area contributed by atoms with Gasteiger partial charge < -0.3 is 16.0 Å². The predicted molar refractivity (Wildman–Crippen MR) is 111 cm³/mol. The van der Waals surface area contributed by atoms with Gasteiger partial charge >= 0.3 is 0 Å². The van der Waals surface area contributed by atoms with E-state index in [2.05, 4.69) is 20.9 Å². The van der Waals surface area contributed by atoms with Gasteiger partial charge in [-0.2, -0.15) is 0 Å². The number of benzene rings is 2. The lowest BCUT2D eigenvalue weighted by Gasteiger charge is -2.08. The van der Waals surface area contributed by atoms with Gasteiger partial charge in [-0.25, -0.2) is 0 Å². The smallest absolute Gasteiger partial charge is 0.255 e. The fraction of sp³-hybridized carbons (Fsp3) is 0.0909. The SMILES string of the molecule is CC(=O)Nc1ccc(NC(=O)c2ccc(C(=O)NCc3ccccn3)cc2)cc1. The highest BCUT2D eigenvalue weighted by Crippen LogP contribution is 2.15. The van der Waals surface area contributed by atoms with Crippen LogP contribution in [0.5, 0.6) is 0 Å². The summed E-state index contributed by atoms with van der Waals surface area (Å²) in [6, 6.07) is 18.7. The Morgan fingerprint density at radius 3 is 1.90 bits per heavy atom. The van der Waals surface area contributed by atoms with Crippen LogP contribution < -0.4 is 16.0 Å². The quantitative estimate of drug-likeness (QED) is 0.604. The van der Waals surface area contributed by atoms with Crippen LogP contribution in [0.15, 0.2) is 72.9 Å². The Bertz CT molecular complexity index is 1000. The molecular formula is C22H20N4O3. The van der Waals surface area contributed by atoms with Gasteiger partial charge in [0.05, 0.1) is 12.2 Å². The summed E-state index contributed by atoms with van der Waals surface area (Å²) in [4.78, 5) is 39.8. The zero-order valence-electron chi connectivity index (χ0n) is 15.8. The zero-order valence-corrected chi connectivity index (χ0v) is 15.8. The van der Waals surface area contributed by atoms with Gasteiger partial charge in [-0.15, -0.1) is 0 Å². The molecule has 1 aromatic heterocycles. The number of carbonyl (C=O) groups is 3. The monoisotopic (exact) mass is 388 g/mol. The van der Waals surface area contributed by atoms with Crippen molar-refractivity contribution in [2.75, 3.05) is 10.6 Å². The van der Waals surface area contributed by atoms with Crippen LogP contribution in [0.4, 0.5) is 11.4 Å². The van der Waals surface area contributed by atoms with E-state index in [0.29, 0.717) is 29.0 Å². The van der Waals surface area contributed by atoms with Gasteiger partial charge in [-0.3, -0.25) is 19.4 Å². The minimum atomic E-state index is -0.294. The molecule has 1 heterocycles. The van der Waals surface area contributed by atoms with Gasteiger partial charge in [0.15, 0.2) is 0 Å². The van der Waals surface area contributed by atoms with Gasteiger partial charge in [-0.05, 0) is 60.7 Å². The van der Waals surface area contributed by atoms with Crippen LogP contribution in [0.2, 0.25) is 0 Å². The Labute approximate surface area is 168 Å². The molecule has 146 valence electrons. The Hall–Kier alpha value is -4.00. The van der Waals surface area contributed by atoms with E-state index in [9.17, 15) is 14.4 Å². The van der Waals surface area contributed by atoms with Gasteiger partial charge in [-0.1, -0.05) is 6.07 Å². The Morgan fingerprint density at radius 1 is 0.759 bits per heavy atom. The van der Waals surface area contributed by atoms with E-state index in [1.807, 2.05) is 18.2 Å². The predicted octanol–water partition coefficient (Wildman–Crippen LogP) is 3.22. The number of rotatable bonds is 6. The fourth-order valence-corrected chi connectivity index (χ4v) is 2.59. The molecule has 3 amide bonds. The molecule has 0 aliphatic heterocycles. The van der Waals surface area contributed by atoms with Gasteiger partial charge in [0.1, 0.15) is 0 Å². The summed E-state index contributed by atoms with van der Waals surface area (Å²) in [6.45, 7) is 1.76. The van der Waals surface area contributed by atoms with Crippen LogP contribution >= 0.6 is 0 Å². The van der Waals surface area contributed by atoms with E-state index in [1.54, 1.807) is 54.7 Å². The normalized spacial score (nSPS) is 10.1. The molecule has 0 spiro atoms. The number of hydrogen-bond donors (Lipinski definition) is 3. The standard InChI is InChI=1S/C22H20N4O3/c1-15(27)25-18-9-11-19(12-10-18)26-22(29)17-7-5-16(6-8-17)21(28)24-14-20-4-2-3-13-23-20/h2-13H,14H2,1H3,(H,24,28)(H,25,27)(H,26,29). The summed E-state index contributed by atoms with van der Waals surface area (Å²) in [6.07, 6.45) is 1.67. The third-order valence-corrected chi connectivity index (χ3v) is 4.03. The average molecular weight is 388 g/mol. The maximum atomic E-state index is 12.4. The van der Waals surface area contributed by atoms with Crippen molar-refractivity contribution in [3.8, 4) is 0 Å². The molecule has 3 aromatic rings. The number of pyridine rings is 1. The zero-order chi connectivity index (χ0) is 20.6. The average Bonchev–Trinajstić information content (AvgIpc) is 2.74. The third kappa shape index (κ3) is 5.74. The first-order valence-electron chi connectivity index (χ1n) is 8.98. The van der Waals surface area contributed by atoms with E-state index in [-0.39, 0.29) is 17.7 Å². The summed E-state index contributed by atoms with van der Waals surface area (Å²) >= 11 is 0. The first kappa shape index (κ1) is 19.8. The molecular weight excluding hydrogens is 368 g/mol. The van der Waals surface area contributed by atoms with Crippen LogP contribution in [-0.4, -0.2) is 22.7 Å². The van der Waals surface area contributed by atoms with Crippen molar-refractivity contribution in [2.24, 2.45) is 0 Å². The lowest BCUT2D eigenvalue weighted by molar-refractivity contribution is -0.114. The molecule has 3 N–H and O–H groups in total. The fourth-order valence-electron chi connectivity index (χ4n) is 2.59. The number of hydrogen-bond acceptors (Lipinski definition) is 4. The van der Waals surface area contributed by atoms with Crippen molar-refractivity contribution in [3.63, 3.8) is 0 Å². The lowest BCUT2D eigenvalue weighted by Crippen LogP contribution is -2.23. The molecule has 0 atom stereocenters. The third-order valence-electron chi connectivity index (χ3n) is 4.03. The van der Waals surface area contributed by atoms with Crippen LogP contribution in [0.3, 0.4) is 0 Å². The summed E-state index contributed by atoms with van der Waals surface area (Å²) < 4.78 is 0. The van der Waals surface area contributed by atoms with Crippen LogP contribution in [0.25, 0.3) is 0 Å². The summed E-state index contributed by atoms with van der Waals surface area (Å²) in [5, 5.41) is 8.23. The maximum Gasteiger partial charge on any atom is 0.255 e. The summed E-state index contributed by atoms with van der Waals surface area (Å²) in [7, 11) is 0. The molecule has 0 bridgehead atoms. The molecule has 0 aliphatic carbocycles. The molecule has 3 rings (SSSR count). The number of nitrogens with zero attached hydrogens (tertiary/aromatic N) is 1. The highest BCUT2D eigenvalue weighted by molar-refractivity contribution is 6.05. The second-order valence-electron chi connectivity index (χ2n) is 6.29. The molecule has 29 heavy (non-hydrogen) atoms. The molecule has 7 heteroatoms. The first-order valence-corrected chi connectivity index (χ1v) is 8.98. The van der Waals surface area contributed by atoms with Crippen molar-refractivity contribution >= 4 is 29.1 Å². The number of anilines is 2. The van der Waals surface area contributed by atoms with E-state index in [1.165, 1.54) is 6.92 Å². The largest absolute Gasteiger partial charge is 0.346 e. The number of nitrogens with one attached hydrogen (secondary N) is 3.